The molecule has 3 aromatic rings. The minimum atomic E-state index is -0.544. The van der Waals surface area contributed by atoms with Crippen LogP contribution in [0.5, 0.6) is 5.75 Å². The molecule has 1 amide bonds. The number of hydrogen-bond donors (Lipinski definition) is 1. The van der Waals surface area contributed by atoms with Gasteiger partial charge in [0.05, 0.1) is 11.9 Å². The van der Waals surface area contributed by atoms with Gasteiger partial charge in [-0.1, -0.05) is 36.1 Å². The second-order valence-electron chi connectivity index (χ2n) is 5.23. The number of para-hydroxylation sites is 2. The third-order valence-corrected chi connectivity index (χ3v) is 3.46. The summed E-state index contributed by atoms with van der Waals surface area (Å²) in [6, 6.07) is 13.8. The predicted molar refractivity (Wildman–Crippen MR) is 94.5 cm³/mol. The van der Waals surface area contributed by atoms with Crippen LogP contribution in [0, 0.1) is 17.7 Å². The lowest BCUT2D eigenvalue weighted by molar-refractivity contribution is 0.0931. The average Bonchev–Trinajstić information content (AvgIpc) is 2.65. The first kappa shape index (κ1) is 17.2. The zero-order valence-electron chi connectivity index (χ0n) is 13.6. The van der Waals surface area contributed by atoms with Gasteiger partial charge in [0.25, 0.3) is 5.91 Å². The molecule has 1 N–H and O–H groups in total. The van der Waals surface area contributed by atoms with Gasteiger partial charge in [0.1, 0.15) is 12.2 Å². The minimum absolute atomic E-state index is 0.0120. The Bertz CT molecular complexity index is 1060. The van der Waals surface area contributed by atoms with Crippen LogP contribution in [0.2, 0.25) is 0 Å². The number of ether oxygens (including phenoxy) is 1. The first-order valence-corrected chi connectivity index (χ1v) is 7.79. The zero-order chi connectivity index (χ0) is 18.4. The molecule has 0 aliphatic rings. The fourth-order valence-corrected chi connectivity index (χ4v) is 2.22. The van der Waals surface area contributed by atoms with Crippen LogP contribution in [-0.2, 0) is 0 Å². The Balaban J connectivity index is 1.55. The summed E-state index contributed by atoms with van der Waals surface area (Å²) in [5.74, 6) is 4.36. The number of nitrogens with one attached hydrogen (secondary N) is 1. The molecule has 0 unspecified atom stereocenters. The van der Waals surface area contributed by atoms with E-state index in [-0.39, 0.29) is 30.1 Å². The largest absolute Gasteiger partial charge is 0.478 e. The molecule has 0 aliphatic heterocycles. The third kappa shape index (κ3) is 4.08. The number of amides is 1. The molecular weight excluding hydrogens is 337 g/mol. The van der Waals surface area contributed by atoms with Crippen molar-refractivity contribution in [1.29, 1.82) is 0 Å². The molecule has 2 aromatic carbocycles. The molecule has 0 fully saturated rings. The van der Waals surface area contributed by atoms with Gasteiger partial charge in [-0.15, -0.1) is 0 Å². The Kier molecular flexibility index (Phi) is 5.30. The molecule has 0 spiro atoms. The molecule has 1 heterocycles. The first-order valence-electron chi connectivity index (χ1n) is 7.79. The predicted octanol–water partition coefficient (Wildman–Crippen LogP) is 2.74. The van der Waals surface area contributed by atoms with Crippen molar-refractivity contribution in [2.24, 2.45) is 0 Å². The molecule has 0 radical (unpaired) electrons. The monoisotopic (exact) mass is 351 g/mol. The molecule has 0 atom stereocenters. The van der Waals surface area contributed by atoms with Gasteiger partial charge in [0.2, 0.25) is 0 Å². The van der Waals surface area contributed by atoms with Crippen LogP contribution >= 0.6 is 0 Å². The van der Waals surface area contributed by atoms with E-state index in [9.17, 15) is 14.0 Å². The summed E-state index contributed by atoms with van der Waals surface area (Å²) in [5, 5.41) is 2.94. The SMILES string of the molecule is O=C(NCC#CCOc1ccccc1F)c1cc(=O)c2ccccc2o1. The lowest BCUT2D eigenvalue weighted by atomic mass is 10.2. The fraction of sp³-hybridized carbons (Fsp3) is 0.100. The minimum Gasteiger partial charge on any atom is -0.478 e. The van der Waals surface area contributed by atoms with Crippen LogP contribution in [0.1, 0.15) is 10.6 Å². The lowest BCUT2D eigenvalue weighted by Gasteiger charge is -2.03. The average molecular weight is 351 g/mol. The Labute approximate surface area is 148 Å². The van der Waals surface area contributed by atoms with Gasteiger partial charge < -0.3 is 14.5 Å². The maximum atomic E-state index is 13.3. The van der Waals surface area contributed by atoms with E-state index < -0.39 is 11.7 Å². The van der Waals surface area contributed by atoms with Crippen molar-refractivity contribution in [3.05, 3.63) is 76.4 Å². The van der Waals surface area contributed by atoms with Gasteiger partial charge in [0, 0.05) is 6.07 Å². The van der Waals surface area contributed by atoms with E-state index in [1.807, 2.05) is 0 Å². The lowest BCUT2D eigenvalue weighted by Crippen LogP contribution is -2.24. The maximum Gasteiger partial charge on any atom is 0.287 e. The van der Waals surface area contributed by atoms with Crippen LogP contribution in [0.15, 0.2) is 63.8 Å². The summed E-state index contributed by atoms with van der Waals surface area (Å²) in [4.78, 5) is 24.0. The van der Waals surface area contributed by atoms with Gasteiger partial charge in [-0.3, -0.25) is 9.59 Å². The standard InChI is InChI=1S/C20H14FNO4/c21-15-8-2-4-10-18(15)25-12-6-5-11-22-20(24)19-13-16(23)14-7-1-3-9-17(14)26-19/h1-4,7-10,13H,11-12H2,(H,22,24). The van der Waals surface area contributed by atoms with E-state index in [2.05, 4.69) is 17.2 Å². The summed E-state index contributed by atoms with van der Waals surface area (Å²) < 4.78 is 23.9. The van der Waals surface area contributed by atoms with Crippen LogP contribution in [0.4, 0.5) is 4.39 Å². The Morgan fingerprint density at radius 1 is 1.12 bits per heavy atom. The molecule has 130 valence electrons. The van der Waals surface area contributed by atoms with Crippen molar-refractivity contribution in [2.75, 3.05) is 13.2 Å². The Morgan fingerprint density at radius 3 is 2.73 bits per heavy atom. The number of hydrogen-bond acceptors (Lipinski definition) is 4. The van der Waals surface area contributed by atoms with Crippen molar-refractivity contribution in [3.63, 3.8) is 0 Å². The van der Waals surface area contributed by atoms with Gasteiger partial charge in [0.15, 0.2) is 22.8 Å². The second kappa shape index (κ2) is 7.99. The number of carbonyl (C=O) groups excluding carboxylic acids is 1. The Morgan fingerprint density at radius 2 is 1.88 bits per heavy atom. The summed E-state index contributed by atoms with van der Waals surface area (Å²) in [7, 11) is 0. The molecule has 3 rings (SSSR count). The molecular formula is C20H14FNO4. The van der Waals surface area contributed by atoms with E-state index in [1.165, 1.54) is 12.1 Å². The molecule has 0 saturated heterocycles. The van der Waals surface area contributed by atoms with E-state index >= 15 is 0 Å². The smallest absolute Gasteiger partial charge is 0.287 e. The third-order valence-electron chi connectivity index (χ3n) is 3.46. The number of benzene rings is 2. The highest BCUT2D eigenvalue weighted by atomic mass is 19.1. The van der Waals surface area contributed by atoms with E-state index in [0.29, 0.717) is 11.0 Å². The number of fused-ring (bicyclic) bond motifs is 1. The summed E-state index contributed by atoms with van der Waals surface area (Å²) in [6.45, 7) is 0.0257. The summed E-state index contributed by atoms with van der Waals surface area (Å²) in [5.41, 5.74) is 0.0518. The van der Waals surface area contributed by atoms with Crippen molar-refractivity contribution in [2.45, 2.75) is 0 Å². The van der Waals surface area contributed by atoms with Crippen molar-refractivity contribution < 1.29 is 18.3 Å². The highest BCUT2D eigenvalue weighted by Gasteiger charge is 2.11. The van der Waals surface area contributed by atoms with Crippen LogP contribution < -0.4 is 15.5 Å². The molecule has 0 bridgehead atoms. The first-order chi connectivity index (χ1) is 12.6. The normalized spacial score (nSPS) is 10.0. The molecule has 26 heavy (non-hydrogen) atoms. The number of rotatable bonds is 4. The van der Waals surface area contributed by atoms with Crippen LogP contribution in [0.25, 0.3) is 11.0 Å². The van der Waals surface area contributed by atoms with Crippen molar-refractivity contribution in [3.8, 4) is 17.6 Å². The molecule has 0 saturated carbocycles. The van der Waals surface area contributed by atoms with Crippen LogP contribution in [0.3, 0.4) is 0 Å². The van der Waals surface area contributed by atoms with Gasteiger partial charge >= 0.3 is 0 Å². The molecule has 0 aliphatic carbocycles. The second-order valence-corrected chi connectivity index (χ2v) is 5.23. The number of halogens is 1. The summed E-state index contributed by atoms with van der Waals surface area (Å²) in [6.07, 6.45) is 0. The molecule has 5 nitrogen and oxygen atoms in total. The molecule has 6 heteroatoms. The van der Waals surface area contributed by atoms with Gasteiger partial charge in [-0.25, -0.2) is 4.39 Å². The fourth-order valence-electron chi connectivity index (χ4n) is 2.22. The van der Waals surface area contributed by atoms with E-state index in [0.717, 1.165) is 6.07 Å². The van der Waals surface area contributed by atoms with Gasteiger partial charge in [-0.05, 0) is 24.3 Å². The van der Waals surface area contributed by atoms with E-state index in [1.54, 1.807) is 36.4 Å². The topological polar surface area (TPSA) is 68.5 Å². The number of carbonyl (C=O) groups is 1. The van der Waals surface area contributed by atoms with Crippen molar-refractivity contribution >= 4 is 16.9 Å². The summed E-state index contributed by atoms with van der Waals surface area (Å²) >= 11 is 0. The van der Waals surface area contributed by atoms with E-state index in [4.69, 9.17) is 9.15 Å². The van der Waals surface area contributed by atoms with Crippen LogP contribution in [-0.4, -0.2) is 19.1 Å². The highest BCUT2D eigenvalue weighted by molar-refractivity contribution is 5.93. The molecule has 1 aromatic heterocycles. The Hall–Kier alpha value is -3.59. The maximum absolute atomic E-state index is 13.3. The van der Waals surface area contributed by atoms with Gasteiger partial charge in [-0.2, -0.15) is 0 Å². The zero-order valence-corrected chi connectivity index (χ0v) is 13.6. The quantitative estimate of drug-likeness (QED) is 0.734. The van der Waals surface area contributed by atoms with Crippen molar-refractivity contribution in [1.82, 2.24) is 5.32 Å². The highest BCUT2D eigenvalue weighted by Crippen LogP contribution is 2.14.